The Labute approximate surface area is 145 Å². The molecular weight excluding hydrogens is 356 g/mol. The minimum Gasteiger partial charge on any atom is -0.351 e. The lowest BCUT2D eigenvalue weighted by Gasteiger charge is -2.36. The molecule has 1 aromatic rings. The molecule has 0 aliphatic carbocycles. The number of halogens is 1. The van der Waals surface area contributed by atoms with E-state index in [2.05, 4.69) is 0 Å². The number of hydrogen-bond donors (Lipinski definition) is 2. The molecule has 1 saturated heterocycles. The van der Waals surface area contributed by atoms with Crippen LogP contribution >= 0.6 is 11.6 Å². The molecule has 1 atom stereocenters. The van der Waals surface area contributed by atoms with Gasteiger partial charge in [0.2, 0.25) is 15.9 Å². The summed E-state index contributed by atoms with van der Waals surface area (Å²) in [5.74, 6) is -0.503. The van der Waals surface area contributed by atoms with Crippen LogP contribution in [0.2, 0.25) is 5.02 Å². The van der Waals surface area contributed by atoms with Crippen molar-refractivity contribution in [3.63, 3.8) is 0 Å². The molecule has 3 amide bonds. The predicted octanol–water partition coefficient (Wildman–Crippen LogP) is 0.230. The summed E-state index contributed by atoms with van der Waals surface area (Å²) in [6.07, 6.45) is 0. The van der Waals surface area contributed by atoms with Gasteiger partial charge in [0, 0.05) is 31.2 Å². The monoisotopic (exact) mass is 374 g/mol. The van der Waals surface area contributed by atoms with Crippen molar-refractivity contribution < 1.29 is 18.0 Å². The number of carbonyl (C=O) groups excluding carboxylic acids is 2. The highest BCUT2D eigenvalue weighted by atomic mass is 35.5. The summed E-state index contributed by atoms with van der Waals surface area (Å²) in [5, 5.41) is 2.49. The molecule has 0 saturated carbocycles. The van der Waals surface area contributed by atoms with Gasteiger partial charge in [0.05, 0.1) is 10.9 Å². The molecule has 24 heavy (non-hydrogen) atoms. The largest absolute Gasteiger partial charge is 0.351 e. The van der Waals surface area contributed by atoms with Crippen LogP contribution in [-0.4, -0.2) is 61.8 Å². The predicted molar refractivity (Wildman–Crippen MR) is 89.0 cm³/mol. The first kappa shape index (κ1) is 18.7. The second-order valence-corrected chi connectivity index (χ2v) is 7.80. The van der Waals surface area contributed by atoms with Crippen molar-refractivity contribution in [3.8, 4) is 0 Å². The molecule has 1 aliphatic heterocycles. The topological polar surface area (TPSA) is 113 Å². The number of sulfonamides is 1. The molecule has 1 unspecified atom stereocenters. The molecule has 8 nitrogen and oxygen atoms in total. The van der Waals surface area contributed by atoms with E-state index in [1.54, 1.807) is 11.8 Å². The van der Waals surface area contributed by atoms with Gasteiger partial charge < -0.3 is 5.73 Å². The van der Waals surface area contributed by atoms with E-state index in [4.69, 9.17) is 17.3 Å². The van der Waals surface area contributed by atoms with Gasteiger partial charge in [-0.05, 0) is 31.2 Å². The Kier molecular flexibility index (Phi) is 5.81. The minimum absolute atomic E-state index is 0.180. The fourth-order valence-electron chi connectivity index (χ4n) is 2.48. The molecule has 10 heteroatoms. The number of nitrogens with zero attached hydrogens (tertiary/aromatic N) is 2. The van der Waals surface area contributed by atoms with Crippen molar-refractivity contribution in [2.24, 2.45) is 5.73 Å². The summed E-state index contributed by atoms with van der Waals surface area (Å²) in [6.45, 7) is 2.89. The van der Waals surface area contributed by atoms with E-state index in [-0.39, 0.29) is 18.0 Å². The van der Waals surface area contributed by atoms with Crippen LogP contribution in [0.5, 0.6) is 0 Å². The summed E-state index contributed by atoms with van der Waals surface area (Å²) < 4.78 is 26.5. The molecule has 1 aliphatic rings. The molecule has 3 N–H and O–H groups in total. The first-order chi connectivity index (χ1) is 11.2. The molecule has 1 heterocycles. The van der Waals surface area contributed by atoms with E-state index < -0.39 is 28.0 Å². The molecule has 0 spiro atoms. The molecule has 0 bridgehead atoms. The zero-order valence-corrected chi connectivity index (χ0v) is 14.7. The van der Waals surface area contributed by atoms with E-state index in [0.717, 1.165) is 0 Å². The first-order valence-electron chi connectivity index (χ1n) is 7.32. The van der Waals surface area contributed by atoms with Crippen LogP contribution in [0, 0.1) is 0 Å². The lowest BCUT2D eigenvalue weighted by Crippen LogP contribution is -2.55. The molecule has 132 valence electrons. The number of urea groups is 1. The molecule has 0 radical (unpaired) electrons. The highest BCUT2D eigenvalue weighted by molar-refractivity contribution is 7.89. The number of piperazine rings is 1. The lowest BCUT2D eigenvalue weighted by atomic mass is 10.2. The number of imide groups is 1. The average Bonchev–Trinajstić information content (AvgIpc) is 2.54. The third-order valence-electron chi connectivity index (χ3n) is 3.90. The Balaban J connectivity index is 2.00. The standard InChI is InChI=1S/C14H19ClN4O4S/c1-10(13(20)17-14(16)21)18-6-8-19(9-7-18)24(22,23)12-4-2-11(15)3-5-12/h2-5,10H,6-9H2,1H3,(H3,16,17,20,21). The Morgan fingerprint density at radius 3 is 2.21 bits per heavy atom. The van der Waals surface area contributed by atoms with Crippen molar-refractivity contribution in [2.45, 2.75) is 17.9 Å². The number of carbonyl (C=O) groups is 2. The fraction of sp³-hybridized carbons (Fsp3) is 0.429. The van der Waals surface area contributed by atoms with Crippen LogP contribution in [0.15, 0.2) is 29.2 Å². The van der Waals surface area contributed by atoms with Crippen LogP contribution in [0.25, 0.3) is 0 Å². The number of hydrogen-bond acceptors (Lipinski definition) is 5. The lowest BCUT2D eigenvalue weighted by molar-refractivity contribution is -0.125. The van der Waals surface area contributed by atoms with Crippen molar-refractivity contribution in [1.29, 1.82) is 0 Å². The fourth-order valence-corrected chi connectivity index (χ4v) is 4.03. The zero-order chi connectivity index (χ0) is 17.9. The Morgan fingerprint density at radius 2 is 1.71 bits per heavy atom. The molecule has 0 aromatic heterocycles. The second-order valence-electron chi connectivity index (χ2n) is 5.42. The van der Waals surface area contributed by atoms with Crippen molar-refractivity contribution in [3.05, 3.63) is 29.3 Å². The van der Waals surface area contributed by atoms with E-state index in [1.807, 2.05) is 5.32 Å². The van der Waals surface area contributed by atoms with Gasteiger partial charge in [-0.2, -0.15) is 4.31 Å². The summed E-state index contributed by atoms with van der Waals surface area (Å²) >= 11 is 5.78. The maximum atomic E-state index is 12.6. The zero-order valence-electron chi connectivity index (χ0n) is 13.1. The number of primary amides is 1. The first-order valence-corrected chi connectivity index (χ1v) is 9.13. The van der Waals surface area contributed by atoms with Gasteiger partial charge in [-0.15, -0.1) is 0 Å². The normalized spacial score (nSPS) is 18.1. The Bertz CT molecular complexity index is 715. The Morgan fingerprint density at radius 1 is 1.17 bits per heavy atom. The van der Waals surface area contributed by atoms with Crippen molar-refractivity contribution in [2.75, 3.05) is 26.2 Å². The van der Waals surface area contributed by atoms with E-state index in [0.29, 0.717) is 18.1 Å². The minimum atomic E-state index is -3.59. The molecular formula is C14H19ClN4O4S. The second kappa shape index (κ2) is 7.47. The van der Waals surface area contributed by atoms with Gasteiger partial charge in [-0.1, -0.05) is 11.6 Å². The van der Waals surface area contributed by atoms with Gasteiger partial charge in [0.1, 0.15) is 0 Å². The smallest absolute Gasteiger partial charge is 0.318 e. The van der Waals surface area contributed by atoms with Crippen LogP contribution < -0.4 is 11.1 Å². The van der Waals surface area contributed by atoms with Gasteiger partial charge >= 0.3 is 6.03 Å². The number of nitrogens with one attached hydrogen (secondary N) is 1. The maximum absolute atomic E-state index is 12.6. The van der Waals surface area contributed by atoms with Gasteiger partial charge in [-0.25, -0.2) is 13.2 Å². The van der Waals surface area contributed by atoms with E-state index in [1.165, 1.54) is 28.6 Å². The van der Waals surface area contributed by atoms with Crippen LogP contribution in [0.4, 0.5) is 4.79 Å². The summed E-state index contributed by atoms with van der Waals surface area (Å²) in [6, 6.07) is 4.51. The highest BCUT2D eigenvalue weighted by Gasteiger charge is 2.31. The van der Waals surface area contributed by atoms with Crippen LogP contribution in [0.3, 0.4) is 0 Å². The Hall–Kier alpha value is -1.68. The maximum Gasteiger partial charge on any atom is 0.318 e. The summed E-state index contributed by atoms with van der Waals surface area (Å²) in [7, 11) is -3.59. The SMILES string of the molecule is CC(C(=O)NC(N)=O)N1CCN(S(=O)(=O)c2ccc(Cl)cc2)CC1. The third-order valence-corrected chi connectivity index (χ3v) is 6.06. The van der Waals surface area contributed by atoms with Crippen LogP contribution in [-0.2, 0) is 14.8 Å². The number of amides is 3. The average molecular weight is 375 g/mol. The number of rotatable bonds is 4. The van der Waals surface area contributed by atoms with E-state index >= 15 is 0 Å². The van der Waals surface area contributed by atoms with Gasteiger partial charge in [0.25, 0.3) is 0 Å². The molecule has 1 aromatic carbocycles. The highest BCUT2D eigenvalue weighted by Crippen LogP contribution is 2.20. The van der Waals surface area contributed by atoms with Gasteiger partial charge in [-0.3, -0.25) is 15.0 Å². The van der Waals surface area contributed by atoms with Gasteiger partial charge in [0.15, 0.2) is 0 Å². The van der Waals surface area contributed by atoms with Crippen molar-refractivity contribution in [1.82, 2.24) is 14.5 Å². The molecule has 1 fully saturated rings. The number of nitrogens with two attached hydrogens (primary N) is 1. The quantitative estimate of drug-likeness (QED) is 0.783. The third kappa shape index (κ3) is 4.23. The van der Waals surface area contributed by atoms with E-state index in [9.17, 15) is 18.0 Å². The number of benzene rings is 1. The summed E-state index contributed by atoms with van der Waals surface area (Å²) in [5.41, 5.74) is 4.93. The molecule has 2 rings (SSSR count). The van der Waals surface area contributed by atoms with Crippen molar-refractivity contribution >= 4 is 33.6 Å². The van der Waals surface area contributed by atoms with Crippen LogP contribution in [0.1, 0.15) is 6.92 Å². The summed E-state index contributed by atoms with van der Waals surface area (Å²) in [4.78, 5) is 24.5.